The lowest BCUT2D eigenvalue weighted by Crippen LogP contribution is -2.02. The highest BCUT2D eigenvalue weighted by atomic mass is 79.9. The van der Waals surface area contributed by atoms with Crippen LogP contribution in [0.15, 0.2) is 22.7 Å². The van der Waals surface area contributed by atoms with Gasteiger partial charge < -0.3 is 10.1 Å². The molecule has 0 saturated heterocycles. The molecule has 0 fully saturated rings. The molecule has 0 radical (unpaired) electrons. The third-order valence-electron chi connectivity index (χ3n) is 1.59. The van der Waals surface area contributed by atoms with Crippen molar-refractivity contribution in [1.82, 2.24) is 0 Å². The first-order chi connectivity index (χ1) is 6.27. The molecule has 0 aliphatic rings. The molecule has 0 bridgehead atoms. The third kappa shape index (κ3) is 3.12. The number of methoxy groups -OCH3 is 1. The monoisotopic (exact) mass is 261 g/mol. The molecule has 0 aromatic heterocycles. The number of nitrogens with one attached hydrogen (secondary N) is 1. The zero-order valence-corrected chi connectivity index (χ0v) is 9.86. The molecule has 1 N–H and O–H groups in total. The molecule has 0 saturated carbocycles. The molecule has 0 amide bonds. The van der Waals surface area contributed by atoms with Crippen LogP contribution in [0.2, 0.25) is 0 Å². The van der Waals surface area contributed by atoms with Gasteiger partial charge in [-0.1, -0.05) is 0 Å². The number of benzene rings is 1. The Hall–Kier alpha value is -0.350. The highest BCUT2D eigenvalue weighted by Gasteiger charge is 1.99. The van der Waals surface area contributed by atoms with Crippen LogP contribution in [-0.2, 0) is 0 Å². The van der Waals surface area contributed by atoms with Crippen molar-refractivity contribution in [1.29, 1.82) is 0 Å². The van der Waals surface area contributed by atoms with Crippen molar-refractivity contribution in [2.24, 2.45) is 0 Å². The number of hydrogen-bond donors (Lipinski definition) is 2. The van der Waals surface area contributed by atoms with E-state index in [2.05, 4.69) is 33.9 Å². The van der Waals surface area contributed by atoms with E-state index in [0.717, 1.165) is 28.2 Å². The summed E-state index contributed by atoms with van der Waals surface area (Å²) >= 11 is 7.53. The van der Waals surface area contributed by atoms with Crippen LogP contribution in [0.1, 0.15) is 0 Å². The zero-order valence-electron chi connectivity index (χ0n) is 7.38. The van der Waals surface area contributed by atoms with E-state index in [-0.39, 0.29) is 0 Å². The van der Waals surface area contributed by atoms with E-state index in [1.54, 1.807) is 7.11 Å². The summed E-state index contributed by atoms with van der Waals surface area (Å²) < 4.78 is 6.07. The Kier molecular flexibility index (Phi) is 4.45. The van der Waals surface area contributed by atoms with Gasteiger partial charge >= 0.3 is 0 Å². The molecule has 0 aliphatic carbocycles. The van der Waals surface area contributed by atoms with Gasteiger partial charge in [-0.2, -0.15) is 12.6 Å². The summed E-state index contributed by atoms with van der Waals surface area (Å²) in [4.78, 5) is 0. The van der Waals surface area contributed by atoms with Gasteiger partial charge in [0, 0.05) is 18.0 Å². The summed E-state index contributed by atoms with van der Waals surface area (Å²) in [6.45, 7) is 0.863. The summed E-state index contributed by atoms with van der Waals surface area (Å²) in [5.74, 6) is 1.67. The number of thiol groups is 1. The minimum absolute atomic E-state index is 0.823. The van der Waals surface area contributed by atoms with Crippen LogP contribution in [0.25, 0.3) is 0 Å². The Bertz CT molecular complexity index is 280. The van der Waals surface area contributed by atoms with E-state index in [1.165, 1.54) is 0 Å². The Labute approximate surface area is 92.2 Å². The van der Waals surface area contributed by atoms with Crippen molar-refractivity contribution >= 4 is 34.2 Å². The number of ether oxygens (including phenoxy) is 1. The Morgan fingerprint density at radius 2 is 2.31 bits per heavy atom. The maximum Gasteiger partial charge on any atom is 0.133 e. The second-order valence-corrected chi connectivity index (χ2v) is 3.80. The van der Waals surface area contributed by atoms with Crippen molar-refractivity contribution in [3.63, 3.8) is 0 Å². The lowest BCUT2D eigenvalue weighted by Gasteiger charge is -2.07. The van der Waals surface area contributed by atoms with E-state index >= 15 is 0 Å². The fourth-order valence-corrected chi connectivity index (χ4v) is 1.63. The second kappa shape index (κ2) is 5.40. The van der Waals surface area contributed by atoms with E-state index < -0.39 is 0 Å². The summed E-state index contributed by atoms with van der Waals surface area (Å²) in [6.07, 6.45) is 0. The quantitative estimate of drug-likeness (QED) is 0.814. The summed E-state index contributed by atoms with van der Waals surface area (Å²) in [5.41, 5.74) is 1.07. The van der Waals surface area contributed by atoms with Gasteiger partial charge in [-0.05, 0) is 34.1 Å². The number of rotatable bonds is 4. The molecule has 0 spiro atoms. The lowest BCUT2D eigenvalue weighted by atomic mass is 10.3. The average molecular weight is 262 g/mol. The minimum Gasteiger partial charge on any atom is -0.496 e. The molecule has 2 nitrogen and oxygen atoms in total. The third-order valence-corrected chi connectivity index (χ3v) is 2.44. The number of halogens is 1. The predicted molar refractivity (Wildman–Crippen MR) is 63.0 cm³/mol. The first-order valence-electron chi connectivity index (χ1n) is 3.96. The van der Waals surface area contributed by atoms with Crippen LogP contribution >= 0.6 is 28.6 Å². The van der Waals surface area contributed by atoms with Crippen LogP contribution in [0.3, 0.4) is 0 Å². The molecular weight excluding hydrogens is 250 g/mol. The van der Waals surface area contributed by atoms with Crippen molar-refractivity contribution in [2.45, 2.75) is 0 Å². The van der Waals surface area contributed by atoms with Gasteiger partial charge in [-0.25, -0.2) is 0 Å². The molecule has 72 valence electrons. The fraction of sp³-hybridized carbons (Fsp3) is 0.333. The highest BCUT2D eigenvalue weighted by Crippen LogP contribution is 2.27. The van der Waals surface area contributed by atoms with E-state index in [9.17, 15) is 0 Å². The van der Waals surface area contributed by atoms with Crippen LogP contribution < -0.4 is 10.1 Å². The van der Waals surface area contributed by atoms with Crippen molar-refractivity contribution < 1.29 is 4.74 Å². The minimum atomic E-state index is 0.823. The molecular formula is C9H12BrNOS. The molecule has 1 aromatic carbocycles. The van der Waals surface area contributed by atoms with Gasteiger partial charge in [0.1, 0.15) is 5.75 Å². The van der Waals surface area contributed by atoms with Crippen molar-refractivity contribution in [3.8, 4) is 5.75 Å². The normalized spacial score (nSPS) is 9.77. The molecule has 1 aromatic rings. The van der Waals surface area contributed by atoms with Crippen molar-refractivity contribution in [2.75, 3.05) is 24.7 Å². The molecule has 0 atom stereocenters. The van der Waals surface area contributed by atoms with E-state index in [4.69, 9.17) is 4.74 Å². The van der Waals surface area contributed by atoms with Gasteiger partial charge in [0.2, 0.25) is 0 Å². The predicted octanol–water partition coefficient (Wildman–Crippen LogP) is 2.80. The first kappa shape index (κ1) is 10.7. The summed E-state index contributed by atoms with van der Waals surface area (Å²) in [7, 11) is 1.65. The lowest BCUT2D eigenvalue weighted by molar-refractivity contribution is 0.412. The molecule has 0 heterocycles. The zero-order chi connectivity index (χ0) is 9.68. The Morgan fingerprint density at radius 1 is 1.54 bits per heavy atom. The Balaban J connectivity index is 2.71. The number of anilines is 1. The van der Waals surface area contributed by atoms with Crippen LogP contribution in [0.4, 0.5) is 5.69 Å². The molecule has 1 rings (SSSR count). The topological polar surface area (TPSA) is 21.3 Å². The standard InChI is InChI=1S/C9H12BrNOS/c1-12-9-3-2-7(6-8(9)10)11-4-5-13/h2-3,6,11,13H,4-5H2,1H3. The van der Waals surface area contributed by atoms with Gasteiger partial charge in [-0.3, -0.25) is 0 Å². The molecule has 4 heteroatoms. The van der Waals surface area contributed by atoms with Gasteiger partial charge in [0.15, 0.2) is 0 Å². The molecule has 0 unspecified atom stereocenters. The van der Waals surface area contributed by atoms with E-state index in [1.807, 2.05) is 18.2 Å². The van der Waals surface area contributed by atoms with Gasteiger partial charge in [0.25, 0.3) is 0 Å². The highest BCUT2D eigenvalue weighted by molar-refractivity contribution is 9.10. The molecule has 13 heavy (non-hydrogen) atoms. The summed E-state index contributed by atoms with van der Waals surface area (Å²) in [6, 6.07) is 5.89. The maximum absolute atomic E-state index is 5.11. The number of hydrogen-bond acceptors (Lipinski definition) is 3. The molecule has 0 aliphatic heterocycles. The first-order valence-corrected chi connectivity index (χ1v) is 5.38. The van der Waals surface area contributed by atoms with Crippen LogP contribution in [0.5, 0.6) is 5.75 Å². The Morgan fingerprint density at radius 3 is 2.85 bits per heavy atom. The fourth-order valence-electron chi connectivity index (χ4n) is 0.977. The van der Waals surface area contributed by atoms with Crippen LogP contribution in [0, 0.1) is 0 Å². The summed E-state index contributed by atoms with van der Waals surface area (Å²) in [5, 5.41) is 3.22. The van der Waals surface area contributed by atoms with Gasteiger partial charge in [-0.15, -0.1) is 0 Å². The second-order valence-electron chi connectivity index (χ2n) is 2.50. The smallest absolute Gasteiger partial charge is 0.133 e. The van der Waals surface area contributed by atoms with Gasteiger partial charge in [0.05, 0.1) is 11.6 Å². The van der Waals surface area contributed by atoms with Crippen molar-refractivity contribution in [3.05, 3.63) is 22.7 Å². The average Bonchev–Trinajstić information content (AvgIpc) is 2.15. The largest absolute Gasteiger partial charge is 0.496 e. The SMILES string of the molecule is COc1ccc(NCCS)cc1Br. The van der Waals surface area contributed by atoms with E-state index in [0.29, 0.717) is 0 Å². The van der Waals surface area contributed by atoms with Crippen LogP contribution in [-0.4, -0.2) is 19.4 Å². The maximum atomic E-state index is 5.11.